The van der Waals surface area contributed by atoms with Gasteiger partial charge < -0.3 is 0 Å². The van der Waals surface area contributed by atoms with E-state index in [9.17, 15) is 0 Å². The lowest BCUT2D eigenvalue weighted by atomic mass is 9.61. The Kier molecular flexibility index (Phi) is 5.03. The molecule has 2 saturated carbocycles. The van der Waals surface area contributed by atoms with Crippen molar-refractivity contribution in [3.05, 3.63) is 35.9 Å². The molecule has 0 heterocycles. The highest BCUT2D eigenvalue weighted by Crippen LogP contribution is 2.48. The van der Waals surface area contributed by atoms with Gasteiger partial charge in [0.05, 0.1) is 0 Å². The second-order valence-corrected chi connectivity index (χ2v) is 7.63. The van der Waals surface area contributed by atoms with Crippen molar-refractivity contribution in [2.75, 3.05) is 0 Å². The minimum atomic E-state index is 0.501. The molecule has 2 fully saturated rings. The quantitative estimate of drug-likeness (QED) is 0.592. The summed E-state index contributed by atoms with van der Waals surface area (Å²) in [6.45, 7) is 2.36. The van der Waals surface area contributed by atoms with Crippen LogP contribution in [0, 0.1) is 11.8 Å². The van der Waals surface area contributed by atoms with Crippen molar-refractivity contribution in [3.8, 4) is 0 Å². The highest BCUT2D eigenvalue weighted by Gasteiger charge is 2.38. The molecule has 0 spiro atoms. The maximum absolute atomic E-state index is 2.39. The van der Waals surface area contributed by atoms with Gasteiger partial charge in [0.1, 0.15) is 0 Å². The Morgan fingerprint density at radius 2 is 1.48 bits per heavy atom. The molecule has 21 heavy (non-hydrogen) atoms. The third-order valence-corrected chi connectivity index (χ3v) is 6.42. The van der Waals surface area contributed by atoms with Crippen LogP contribution in [0.15, 0.2) is 30.3 Å². The molecular weight excluding hydrogens is 252 g/mol. The topological polar surface area (TPSA) is 0 Å². The molecule has 0 radical (unpaired) electrons. The molecule has 0 aliphatic heterocycles. The van der Waals surface area contributed by atoms with Crippen molar-refractivity contribution in [2.24, 2.45) is 11.8 Å². The highest BCUT2D eigenvalue weighted by atomic mass is 14.4. The number of benzene rings is 1. The first-order valence-electron chi connectivity index (χ1n) is 9.39. The molecule has 0 nitrogen and oxygen atoms in total. The SMILES string of the molecule is CCCC1(c2ccccc2)CCC(C2CCCCC2)CC1. The fraction of sp³-hybridized carbons (Fsp3) is 0.714. The van der Waals surface area contributed by atoms with Gasteiger partial charge in [-0.15, -0.1) is 0 Å². The Labute approximate surface area is 131 Å². The van der Waals surface area contributed by atoms with E-state index in [0.717, 1.165) is 11.8 Å². The lowest BCUT2D eigenvalue weighted by Gasteiger charge is -2.44. The number of rotatable bonds is 4. The number of hydrogen-bond acceptors (Lipinski definition) is 0. The van der Waals surface area contributed by atoms with Gasteiger partial charge in [0.25, 0.3) is 0 Å². The third-order valence-electron chi connectivity index (χ3n) is 6.42. The van der Waals surface area contributed by atoms with Crippen molar-refractivity contribution in [1.82, 2.24) is 0 Å². The molecule has 0 unspecified atom stereocenters. The molecule has 0 atom stereocenters. The minimum absolute atomic E-state index is 0.501. The Hall–Kier alpha value is -0.780. The summed E-state index contributed by atoms with van der Waals surface area (Å²) in [4.78, 5) is 0. The van der Waals surface area contributed by atoms with Crippen molar-refractivity contribution < 1.29 is 0 Å². The van der Waals surface area contributed by atoms with E-state index >= 15 is 0 Å². The molecule has 0 aromatic heterocycles. The standard InChI is InChI=1S/C21H32/c1-2-15-21(20-11-7-4-8-12-20)16-13-19(14-17-21)18-9-5-3-6-10-18/h4,7-8,11-12,18-19H,2-3,5-6,9-10,13-17H2,1H3. The van der Waals surface area contributed by atoms with Gasteiger partial charge in [0, 0.05) is 0 Å². The van der Waals surface area contributed by atoms with E-state index in [0.29, 0.717) is 5.41 Å². The van der Waals surface area contributed by atoms with Crippen LogP contribution in [0.1, 0.15) is 83.1 Å². The Bertz CT molecular complexity index is 405. The second-order valence-electron chi connectivity index (χ2n) is 7.63. The maximum atomic E-state index is 2.39. The first-order valence-corrected chi connectivity index (χ1v) is 9.39. The molecule has 0 amide bonds. The average Bonchev–Trinajstić information content (AvgIpc) is 2.57. The molecule has 0 bridgehead atoms. The fourth-order valence-electron chi connectivity index (χ4n) is 5.22. The van der Waals surface area contributed by atoms with Crippen LogP contribution in [0.5, 0.6) is 0 Å². The van der Waals surface area contributed by atoms with Crippen molar-refractivity contribution in [2.45, 2.75) is 83.0 Å². The molecule has 1 aromatic carbocycles. The molecule has 3 rings (SSSR count). The third kappa shape index (κ3) is 3.35. The highest BCUT2D eigenvalue weighted by molar-refractivity contribution is 5.26. The Balaban J connectivity index is 1.68. The number of hydrogen-bond donors (Lipinski definition) is 0. The van der Waals surface area contributed by atoms with Crippen LogP contribution in [0.2, 0.25) is 0 Å². The van der Waals surface area contributed by atoms with E-state index in [1.165, 1.54) is 70.6 Å². The van der Waals surface area contributed by atoms with Crippen LogP contribution < -0.4 is 0 Å². The molecule has 116 valence electrons. The van der Waals surface area contributed by atoms with Gasteiger partial charge in [-0.05, 0) is 54.9 Å². The summed E-state index contributed by atoms with van der Waals surface area (Å²) in [6.07, 6.45) is 16.1. The van der Waals surface area contributed by atoms with E-state index in [1.54, 1.807) is 5.56 Å². The Morgan fingerprint density at radius 1 is 0.857 bits per heavy atom. The van der Waals surface area contributed by atoms with E-state index in [2.05, 4.69) is 37.3 Å². The van der Waals surface area contributed by atoms with Crippen LogP contribution in [0.4, 0.5) is 0 Å². The molecule has 0 heteroatoms. The smallest absolute Gasteiger partial charge is 0.00469 e. The molecular formula is C21H32. The lowest BCUT2D eigenvalue weighted by molar-refractivity contribution is 0.142. The van der Waals surface area contributed by atoms with Gasteiger partial charge in [-0.2, -0.15) is 0 Å². The van der Waals surface area contributed by atoms with Crippen LogP contribution >= 0.6 is 0 Å². The zero-order valence-electron chi connectivity index (χ0n) is 13.8. The molecule has 2 aliphatic rings. The molecule has 2 aliphatic carbocycles. The van der Waals surface area contributed by atoms with E-state index in [1.807, 2.05) is 0 Å². The van der Waals surface area contributed by atoms with Crippen LogP contribution in [0.3, 0.4) is 0 Å². The largest absolute Gasteiger partial charge is 0.0654 e. The second kappa shape index (κ2) is 6.99. The molecule has 0 N–H and O–H groups in total. The van der Waals surface area contributed by atoms with Crippen molar-refractivity contribution in [1.29, 1.82) is 0 Å². The predicted octanol–water partition coefficient (Wildman–Crippen LogP) is 6.50. The summed E-state index contributed by atoms with van der Waals surface area (Å²) in [5, 5.41) is 0. The van der Waals surface area contributed by atoms with E-state index in [4.69, 9.17) is 0 Å². The first-order chi connectivity index (χ1) is 10.3. The van der Waals surface area contributed by atoms with Gasteiger partial charge >= 0.3 is 0 Å². The average molecular weight is 284 g/mol. The summed E-state index contributed by atoms with van der Waals surface area (Å²) in [5.74, 6) is 2.10. The van der Waals surface area contributed by atoms with Crippen LogP contribution in [-0.2, 0) is 5.41 Å². The van der Waals surface area contributed by atoms with E-state index in [-0.39, 0.29) is 0 Å². The minimum Gasteiger partial charge on any atom is -0.0654 e. The van der Waals surface area contributed by atoms with Crippen LogP contribution in [-0.4, -0.2) is 0 Å². The van der Waals surface area contributed by atoms with Gasteiger partial charge in [0.15, 0.2) is 0 Å². The van der Waals surface area contributed by atoms with Gasteiger partial charge in [-0.1, -0.05) is 75.8 Å². The van der Waals surface area contributed by atoms with Crippen LogP contribution in [0.25, 0.3) is 0 Å². The van der Waals surface area contributed by atoms with Gasteiger partial charge in [-0.3, -0.25) is 0 Å². The maximum Gasteiger partial charge on any atom is -0.00469 e. The first kappa shape index (κ1) is 15.1. The zero-order valence-corrected chi connectivity index (χ0v) is 13.8. The lowest BCUT2D eigenvalue weighted by Crippen LogP contribution is -2.34. The van der Waals surface area contributed by atoms with Crippen molar-refractivity contribution >= 4 is 0 Å². The fourth-order valence-corrected chi connectivity index (χ4v) is 5.22. The normalized spacial score (nSPS) is 31.2. The summed E-state index contributed by atoms with van der Waals surface area (Å²) in [7, 11) is 0. The molecule has 1 aromatic rings. The van der Waals surface area contributed by atoms with Gasteiger partial charge in [-0.25, -0.2) is 0 Å². The molecule has 0 saturated heterocycles. The summed E-state index contributed by atoms with van der Waals surface area (Å²) < 4.78 is 0. The summed E-state index contributed by atoms with van der Waals surface area (Å²) in [5.41, 5.74) is 2.12. The summed E-state index contributed by atoms with van der Waals surface area (Å²) in [6, 6.07) is 11.4. The predicted molar refractivity (Wildman–Crippen MR) is 91.6 cm³/mol. The zero-order chi connectivity index (χ0) is 14.5. The van der Waals surface area contributed by atoms with Crippen molar-refractivity contribution in [3.63, 3.8) is 0 Å². The van der Waals surface area contributed by atoms with E-state index < -0.39 is 0 Å². The Morgan fingerprint density at radius 3 is 2.10 bits per heavy atom. The monoisotopic (exact) mass is 284 g/mol. The van der Waals surface area contributed by atoms with Gasteiger partial charge in [0.2, 0.25) is 0 Å². The summed E-state index contributed by atoms with van der Waals surface area (Å²) >= 11 is 0.